The lowest BCUT2D eigenvalue weighted by molar-refractivity contribution is -0.138. The van der Waals surface area contributed by atoms with E-state index in [9.17, 15) is 9.59 Å². The van der Waals surface area contributed by atoms with Gasteiger partial charge >= 0.3 is 5.97 Å². The number of fused-ring (bicyclic) bond motifs is 1. The monoisotopic (exact) mass is 236 g/mol. The van der Waals surface area contributed by atoms with Crippen molar-refractivity contribution in [2.45, 2.75) is 44.9 Å². The van der Waals surface area contributed by atoms with Crippen molar-refractivity contribution in [3.63, 3.8) is 0 Å². The fourth-order valence-electron chi connectivity index (χ4n) is 3.17. The average molecular weight is 236 g/mol. The molecule has 94 valence electrons. The Morgan fingerprint density at radius 3 is 2.94 bits per heavy atom. The van der Waals surface area contributed by atoms with Crippen LogP contribution < -0.4 is 0 Å². The van der Waals surface area contributed by atoms with Crippen molar-refractivity contribution >= 4 is 11.8 Å². The van der Waals surface area contributed by atoms with Gasteiger partial charge in [-0.1, -0.05) is 12.2 Å². The first kappa shape index (κ1) is 12.3. The number of carbonyl (C=O) groups is 2. The standard InChI is InChI=1S/C14H20O3/c15-13(16)7-3-5-11-9-8-10-4-1-2-6-12(10)14(11)17/h1,4,10-12H,2-3,5-9H2,(H,15,16)/t10-,11?,12?/m0/s1. The number of hydrogen-bond donors (Lipinski definition) is 1. The van der Waals surface area contributed by atoms with Gasteiger partial charge in [0.2, 0.25) is 0 Å². The third-order valence-corrected chi connectivity index (χ3v) is 4.10. The van der Waals surface area contributed by atoms with Crippen molar-refractivity contribution in [2.24, 2.45) is 17.8 Å². The molecule has 0 heterocycles. The Morgan fingerprint density at radius 2 is 2.18 bits per heavy atom. The Labute approximate surface area is 102 Å². The number of ketones is 1. The lowest BCUT2D eigenvalue weighted by Crippen LogP contribution is -2.35. The summed E-state index contributed by atoms with van der Waals surface area (Å²) in [6.07, 6.45) is 10.1. The zero-order chi connectivity index (χ0) is 12.3. The number of Topliss-reactive ketones (excluding diaryl/α,β-unsaturated/α-hetero) is 1. The Bertz CT molecular complexity index is 332. The second-order valence-electron chi connectivity index (χ2n) is 5.24. The molecule has 0 aromatic heterocycles. The first-order valence-electron chi connectivity index (χ1n) is 6.60. The van der Waals surface area contributed by atoms with E-state index in [-0.39, 0.29) is 18.3 Å². The first-order chi connectivity index (χ1) is 8.18. The van der Waals surface area contributed by atoms with E-state index in [0.29, 0.717) is 18.1 Å². The molecular weight excluding hydrogens is 216 g/mol. The molecule has 0 aromatic carbocycles. The maximum Gasteiger partial charge on any atom is 0.303 e. The van der Waals surface area contributed by atoms with Crippen molar-refractivity contribution in [3.05, 3.63) is 12.2 Å². The SMILES string of the molecule is O=C(O)CCCC1CC[C@@H]2C=CCCC2C1=O. The van der Waals surface area contributed by atoms with Gasteiger partial charge in [0, 0.05) is 18.3 Å². The highest BCUT2D eigenvalue weighted by Gasteiger charge is 2.36. The van der Waals surface area contributed by atoms with Gasteiger partial charge < -0.3 is 5.11 Å². The summed E-state index contributed by atoms with van der Waals surface area (Å²) in [5.74, 6) is 0.459. The van der Waals surface area contributed by atoms with E-state index >= 15 is 0 Å². The summed E-state index contributed by atoms with van der Waals surface area (Å²) in [6, 6.07) is 0. The van der Waals surface area contributed by atoms with Gasteiger partial charge in [-0.05, 0) is 44.4 Å². The van der Waals surface area contributed by atoms with Gasteiger partial charge in [0.05, 0.1) is 0 Å². The van der Waals surface area contributed by atoms with Crippen molar-refractivity contribution in [1.29, 1.82) is 0 Å². The van der Waals surface area contributed by atoms with Crippen LogP contribution in [0.2, 0.25) is 0 Å². The number of carboxylic acid groups (broad SMARTS) is 1. The third-order valence-electron chi connectivity index (χ3n) is 4.10. The van der Waals surface area contributed by atoms with Crippen molar-refractivity contribution in [1.82, 2.24) is 0 Å². The maximum absolute atomic E-state index is 12.3. The molecule has 0 aliphatic heterocycles. The zero-order valence-corrected chi connectivity index (χ0v) is 10.1. The average Bonchev–Trinajstić information content (AvgIpc) is 2.32. The quantitative estimate of drug-likeness (QED) is 0.764. The lowest BCUT2D eigenvalue weighted by atomic mass is 9.68. The number of allylic oxidation sites excluding steroid dienone is 2. The predicted molar refractivity (Wildman–Crippen MR) is 64.6 cm³/mol. The Morgan fingerprint density at radius 1 is 1.35 bits per heavy atom. The highest BCUT2D eigenvalue weighted by molar-refractivity contribution is 5.85. The molecule has 3 heteroatoms. The molecule has 0 bridgehead atoms. The topological polar surface area (TPSA) is 54.4 Å². The fourth-order valence-corrected chi connectivity index (χ4v) is 3.17. The molecule has 2 aliphatic rings. The van der Waals surface area contributed by atoms with Gasteiger partial charge in [0.1, 0.15) is 5.78 Å². The van der Waals surface area contributed by atoms with Gasteiger partial charge in [-0.15, -0.1) is 0 Å². The van der Waals surface area contributed by atoms with Gasteiger partial charge in [-0.25, -0.2) is 0 Å². The molecule has 3 atom stereocenters. The Balaban J connectivity index is 1.87. The summed E-state index contributed by atoms with van der Waals surface area (Å²) < 4.78 is 0. The second-order valence-corrected chi connectivity index (χ2v) is 5.24. The molecule has 0 aromatic rings. The van der Waals surface area contributed by atoms with Crippen LogP contribution in [0.15, 0.2) is 12.2 Å². The minimum absolute atomic E-state index is 0.127. The van der Waals surface area contributed by atoms with Gasteiger partial charge in [0.15, 0.2) is 0 Å². The van der Waals surface area contributed by atoms with Crippen LogP contribution in [-0.4, -0.2) is 16.9 Å². The van der Waals surface area contributed by atoms with Crippen LogP contribution in [0.3, 0.4) is 0 Å². The molecule has 0 amide bonds. The molecule has 2 aliphatic carbocycles. The van der Waals surface area contributed by atoms with Crippen LogP contribution in [0.5, 0.6) is 0 Å². The largest absolute Gasteiger partial charge is 0.481 e. The fraction of sp³-hybridized carbons (Fsp3) is 0.714. The molecule has 0 radical (unpaired) electrons. The van der Waals surface area contributed by atoms with Crippen LogP contribution in [0.1, 0.15) is 44.9 Å². The highest BCUT2D eigenvalue weighted by Crippen LogP contribution is 2.38. The molecule has 1 fully saturated rings. The number of rotatable bonds is 4. The number of carbonyl (C=O) groups excluding carboxylic acids is 1. The van der Waals surface area contributed by atoms with E-state index in [4.69, 9.17) is 5.11 Å². The van der Waals surface area contributed by atoms with Gasteiger partial charge in [-0.2, -0.15) is 0 Å². The summed E-state index contributed by atoms with van der Waals surface area (Å²) >= 11 is 0. The van der Waals surface area contributed by atoms with E-state index in [0.717, 1.165) is 32.1 Å². The van der Waals surface area contributed by atoms with E-state index in [1.54, 1.807) is 0 Å². The predicted octanol–water partition coefficient (Wildman–Crippen LogP) is 2.80. The second kappa shape index (κ2) is 5.48. The van der Waals surface area contributed by atoms with Crippen LogP contribution in [0, 0.1) is 17.8 Å². The van der Waals surface area contributed by atoms with E-state index in [1.807, 2.05) is 0 Å². The summed E-state index contributed by atoms with van der Waals surface area (Å²) in [6.45, 7) is 0. The number of aliphatic carboxylic acids is 1. The molecule has 3 nitrogen and oxygen atoms in total. The smallest absolute Gasteiger partial charge is 0.303 e. The highest BCUT2D eigenvalue weighted by atomic mass is 16.4. The van der Waals surface area contributed by atoms with E-state index < -0.39 is 5.97 Å². The van der Waals surface area contributed by atoms with Crippen LogP contribution in [-0.2, 0) is 9.59 Å². The lowest BCUT2D eigenvalue weighted by Gasteiger charge is -2.35. The normalized spacial score (nSPS) is 32.2. The number of hydrogen-bond acceptors (Lipinski definition) is 2. The number of carboxylic acids is 1. The first-order valence-corrected chi connectivity index (χ1v) is 6.60. The molecule has 2 unspecified atom stereocenters. The summed E-state index contributed by atoms with van der Waals surface area (Å²) in [5, 5.41) is 8.60. The van der Waals surface area contributed by atoms with Gasteiger partial charge in [0.25, 0.3) is 0 Å². The van der Waals surface area contributed by atoms with Gasteiger partial charge in [-0.3, -0.25) is 9.59 Å². The molecule has 1 saturated carbocycles. The molecule has 17 heavy (non-hydrogen) atoms. The zero-order valence-electron chi connectivity index (χ0n) is 10.1. The van der Waals surface area contributed by atoms with Crippen LogP contribution in [0.25, 0.3) is 0 Å². The minimum atomic E-state index is -0.758. The Kier molecular flexibility index (Phi) is 3.97. The van der Waals surface area contributed by atoms with Crippen molar-refractivity contribution in [3.8, 4) is 0 Å². The van der Waals surface area contributed by atoms with Crippen LogP contribution >= 0.6 is 0 Å². The molecule has 2 rings (SSSR count). The Hall–Kier alpha value is -1.12. The van der Waals surface area contributed by atoms with Crippen LogP contribution in [0.4, 0.5) is 0 Å². The minimum Gasteiger partial charge on any atom is -0.481 e. The molecule has 0 saturated heterocycles. The molecule has 1 N–H and O–H groups in total. The summed E-state index contributed by atoms with van der Waals surface area (Å²) in [4.78, 5) is 22.7. The molecular formula is C14H20O3. The van der Waals surface area contributed by atoms with Crippen molar-refractivity contribution < 1.29 is 14.7 Å². The third kappa shape index (κ3) is 2.96. The summed E-state index contributed by atoms with van der Waals surface area (Å²) in [5.41, 5.74) is 0. The van der Waals surface area contributed by atoms with E-state index in [2.05, 4.69) is 12.2 Å². The van der Waals surface area contributed by atoms with E-state index in [1.165, 1.54) is 0 Å². The molecule has 0 spiro atoms. The maximum atomic E-state index is 12.3. The van der Waals surface area contributed by atoms with Crippen molar-refractivity contribution in [2.75, 3.05) is 0 Å². The summed E-state index contributed by atoms with van der Waals surface area (Å²) in [7, 11) is 0.